The van der Waals surface area contributed by atoms with E-state index in [0.29, 0.717) is 33.2 Å². The highest BCUT2D eigenvalue weighted by molar-refractivity contribution is 6.42. The Morgan fingerprint density at radius 3 is 2.57 bits per heavy atom. The number of halogens is 3. The third-order valence-corrected chi connectivity index (χ3v) is 4.51. The number of likely N-dealkylation sites (tertiary alicyclic amines) is 1. The molecule has 1 aromatic carbocycles. The summed E-state index contributed by atoms with van der Waals surface area (Å²) in [4.78, 5) is 14.2. The number of nitrogens with zero attached hydrogens (tertiary/aromatic N) is 1. The van der Waals surface area contributed by atoms with Crippen LogP contribution in [-0.4, -0.2) is 36.5 Å². The number of carbonyl (C=O) groups is 1. The summed E-state index contributed by atoms with van der Waals surface area (Å²) in [6.07, 6.45) is 0.900. The van der Waals surface area contributed by atoms with E-state index in [1.54, 1.807) is 12.1 Å². The lowest BCUT2D eigenvalue weighted by atomic mass is 9.95. The number of piperidine rings is 1. The molecule has 0 aliphatic carbocycles. The Labute approximate surface area is 139 Å². The Bertz CT molecular complexity index is 515. The highest BCUT2D eigenvalue weighted by Gasteiger charge is 2.24. The number of nitrogens with one attached hydrogen (secondary N) is 1. The first-order chi connectivity index (χ1) is 9.86. The Balaban J connectivity index is 1.96. The zero-order valence-corrected chi connectivity index (χ0v) is 14.0. The summed E-state index contributed by atoms with van der Waals surface area (Å²) in [7, 11) is 0. The number of benzene rings is 1. The molecule has 1 aliphatic rings. The van der Waals surface area contributed by atoms with E-state index in [-0.39, 0.29) is 11.9 Å². The standard InChI is InChI=1S/C14H18Cl3N3O/c1-8-6-20(3-2-12(8)18)7-13(21)19-14-10(16)4-9(15)5-11(14)17/h4-5,8,12H,2-3,6-7,18H2,1H3,(H,19,21). The summed E-state index contributed by atoms with van der Waals surface area (Å²) in [5, 5.41) is 3.83. The van der Waals surface area contributed by atoms with Crippen molar-refractivity contribution in [1.29, 1.82) is 0 Å². The third-order valence-electron chi connectivity index (χ3n) is 3.69. The van der Waals surface area contributed by atoms with E-state index in [4.69, 9.17) is 40.5 Å². The van der Waals surface area contributed by atoms with E-state index in [0.717, 1.165) is 19.5 Å². The van der Waals surface area contributed by atoms with Crippen LogP contribution in [0.1, 0.15) is 13.3 Å². The average molecular weight is 351 g/mol. The van der Waals surface area contributed by atoms with Gasteiger partial charge in [0.15, 0.2) is 0 Å². The van der Waals surface area contributed by atoms with E-state index in [9.17, 15) is 4.79 Å². The molecule has 1 aliphatic heterocycles. The first kappa shape index (κ1) is 16.8. The number of hydrogen-bond donors (Lipinski definition) is 2. The molecule has 2 atom stereocenters. The van der Waals surface area contributed by atoms with Crippen LogP contribution in [0.25, 0.3) is 0 Å². The van der Waals surface area contributed by atoms with Gasteiger partial charge >= 0.3 is 0 Å². The molecular weight excluding hydrogens is 333 g/mol. The smallest absolute Gasteiger partial charge is 0.238 e. The maximum Gasteiger partial charge on any atom is 0.238 e. The maximum atomic E-state index is 12.1. The molecule has 3 N–H and O–H groups in total. The summed E-state index contributed by atoms with van der Waals surface area (Å²) >= 11 is 17.9. The van der Waals surface area contributed by atoms with Crippen molar-refractivity contribution in [3.63, 3.8) is 0 Å². The van der Waals surface area contributed by atoms with Crippen LogP contribution in [0, 0.1) is 5.92 Å². The second kappa shape index (κ2) is 7.16. The van der Waals surface area contributed by atoms with Crippen LogP contribution in [0.15, 0.2) is 12.1 Å². The van der Waals surface area contributed by atoms with Gasteiger partial charge in [-0.15, -0.1) is 0 Å². The van der Waals surface area contributed by atoms with Gasteiger partial charge in [0.1, 0.15) is 0 Å². The molecule has 21 heavy (non-hydrogen) atoms. The van der Waals surface area contributed by atoms with Crippen molar-refractivity contribution in [2.75, 3.05) is 25.0 Å². The summed E-state index contributed by atoms with van der Waals surface area (Å²) in [6, 6.07) is 3.31. The minimum atomic E-state index is -0.149. The van der Waals surface area contributed by atoms with Gasteiger partial charge < -0.3 is 11.1 Å². The summed E-state index contributed by atoms with van der Waals surface area (Å²) in [5.74, 6) is 0.234. The van der Waals surface area contributed by atoms with Crippen molar-refractivity contribution in [3.8, 4) is 0 Å². The van der Waals surface area contributed by atoms with Crippen LogP contribution in [0.5, 0.6) is 0 Å². The van der Waals surface area contributed by atoms with Gasteiger partial charge in [0, 0.05) is 24.2 Å². The zero-order chi connectivity index (χ0) is 15.6. The minimum Gasteiger partial charge on any atom is -0.327 e. The average Bonchev–Trinajstić information content (AvgIpc) is 2.38. The molecular formula is C14H18Cl3N3O. The van der Waals surface area contributed by atoms with Gasteiger partial charge in [-0.1, -0.05) is 41.7 Å². The van der Waals surface area contributed by atoms with Crippen molar-refractivity contribution in [2.45, 2.75) is 19.4 Å². The Morgan fingerprint density at radius 1 is 1.38 bits per heavy atom. The minimum absolute atomic E-state index is 0.149. The Kier molecular flexibility index (Phi) is 5.74. The van der Waals surface area contributed by atoms with Crippen molar-refractivity contribution in [1.82, 2.24) is 4.90 Å². The van der Waals surface area contributed by atoms with Gasteiger partial charge in [-0.25, -0.2) is 0 Å². The van der Waals surface area contributed by atoms with Crippen molar-refractivity contribution in [2.24, 2.45) is 11.7 Å². The summed E-state index contributed by atoms with van der Waals surface area (Å²) in [5.41, 5.74) is 6.37. The molecule has 4 nitrogen and oxygen atoms in total. The third kappa shape index (κ3) is 4.47. The number of carbonyl (C=O) groups excluding carboxylic acids is 1. The molecule has 1 fully saturated rings. The Morgan fingerprint density at radius 2 is 2.00 bits per heavy atom. The highest BCUT2D eigenvalue weighted by Crippen LogP contribution is 2.33. The lowest BCUT2D eigenvalue weighted by Gasteiger charge is -2.34. The van der Waals surface area contributed by atoms with E-state index >= 15 is 0 Å². The van der Waals surface area contributed by atoms with Gasteiger partial charge in [-0.05, 0) is 24.5 Å². The molecule has 7 heteroatoms. The van der Waals surface area contributed by atoms with E-state index < -0.39 is 0 Å². The number of anilines is 1. The molecule has 0 bridgehead atoms. The molecule has 1 aromatic rings. The van der Waals surface area contributed by atoms with Crippen LogP contribution in [0.2, 0.25) is 15.1 Å². The monoisotopic (exact) mass is 349 g/mol. The molecule has 0 saturated carbocycles. The first-order valence-electron chi connectivity index (χ1n) is 6.79. The van der Waals surface area contributed by atoms with Gasteiger partial charge in [0.2, 0.25) is 5.91 Å². The molecule has 2 rings (SSSR count). The van der Waals surface area contributed by atoms with Crippen LogP contribution >= 0.6 is 34.8 Å². The normalized spacial score (nSPS) is 23.1. The van der Waals surface area contributed by atoms with E-state index in [1.807, 2.05) is 0 Å². The second-order valence-electron chi connectivity index (χ2n) is 5.46. The van der Waals surface area contributed by atoms with Gasteiger partial charge in [0.25, 0.3) is 0 Å². The zero-order valence-electron chi connectivity index (χ0n) is 11.7. The van der Waals surface area contributed by atoms with Gasteiger partial charge in [-0.3, -0.25) is 9.69 Å². The van der Waals surface area contributed by atoms with E-state index in [2.05, 4.69) is 17.1 Å². The fraction of sp³-hybridized carbons (Fsp3) is 0.500. The largest absolute Gasteiger partial charge is 0.327 e. The lowest BCUT2D eigenvalue weighted by Crippen LogP contribution is -2.48. The predicted molar refractivity (Wildman–Crippen MR) is 88.3 cm³/mol. The van der Waals surface area contributed by atoms with E-state index in [1.165, 1.54) is 0 Å². The van der Waals surface area contributed by atoms with Gasteiger partial charge in [-0.2, -0.15) is 0 Å². The quantitative estimate of drug-likeness (QED) is 0.879. The van der Waals surface area contributed by atoms with Gasteiger partial charge in [0.05, 0.1) is 22.3 Å². The summed E-state index contributed by atoms with van der Waals surface area (Å²) < 4.78 is 0. The number of amides is 1. The topological polar surface area (TPSA) is 58.4 Å². The van der Waals surface area contributed by atoms with Crippen molar-refractivity contribution in [3.05, 3.63) is 27.2 Å². The molecule has 1 heterocycles. The van der Waals surface area contributed by atoms with Crippen LogP contribution in [-0.2, 0) is 4.79 Å². The van der Waals surface area contributed by atoms with Crippen LogP contribution < -0.4 is 11.1 Å². The number of rotatable bonds is 3. The molecule has 0 radical (unpaired) electrons. The van der Waals surface area contributed by atoms with Crippen molar-refractivity contribution >= 4 is 46.4 Å². The fourth-order valence-corrected chi connectivity index (χ4v) is 3.35. The number of hydrogen-bond acceptors (Lipinski definition) is 3. The molecule has 1 amide bonds. The molecule has 116 valence electrons. The molecule has 0 aromatic heterocycles. The van der Waals surface area contributed by atoms with Crippen molar-refractivity contribution < 1.29 is 4.79 Å². The maximum absolute atomic E-state index is 12.1. The first-order valence-corrected chi connectivity index (χ1v) is 7.92. The lowest BCUT2D eigenvalue weighted by molar-refractivity contribution is -0.117. The second-order valence-corrected chi connectivity index (χ2v) is 6.71. The fourth-order valence-electron chi connectivity index (χ4n) is 2.44. The van der Waals surface area contributed by atoms with Crippen LogP contribution in [0.3, 0.4) is 0 Å². The Hall–Kier alpha value is -0.520. The molecule has 1 saturated heterocycles. The number of nitrogens with two attached hydrogens (primary N) is 1. The highest BCUT2D eigenvalue weighted by atomic mass is 35.5. The summed E-state index contributed by atoms with van der Waals surface area (Å²) in [6.45, 7) is 4.03. The molecule has 2 unspecified atom stereocenters. The SMILES string of the molecule is CC1CN(CC(=O)Nc2c(Cl)cc(Cl)cc2Cl)CCC1N. The predicted octanol–water partition coefficient (Wildman–Crippen LogP) is 3.25. The van der Waals surface area contributed by atoms with Crippen LogP contribution in [0.4, 0.5) is 5.69 Å². The molecule has 0 spiro atoms.